The van der Waals surface area contributed by atoms with E-state index in [4.69, 9.17) is 9.47 Å². The predicted molar refractivity (Wildman–Crippen MR) is 148 cm³/mol. The average molecular weight is 579 g/mol. The van der Waals surface area contributed by atoms with Gasteiger partial charge in [-0.2, -0.15) is 0 Å². The van der Waals surface area contributed by atoms with Gasteiger partial charge in [-0.05, 0) is 41.8 Å². The molecule has 0 radical (unpaired) electrons. The number of ether oxygens (including phenoxy) is 2. The number of fused-ring (bicyclic) bond motifs is 2. The number of hydrogen-bond acceptors (Lipinski definition) is 11. The zero-order valence-electron chi connectivity index (χ0n) is 22.3. The van der Waals surface area contributed by atoms with Gasteiger partial charge in [0.15, 0.2) is 23.0 Å². The van der Waals surface area contributed by atoms with Crippen LogP contribution in [-0.2, 0) is 12.8 Å². The van der Waals surface area contributed by atoms with Crippen molar-refractivity contribution in [3.8, 4) is 57.5 Å². The van der Waals surface area contributed by atoms with Gasteiger partial charge in [-0.25, -0.2) is 0 Å². The maximum absolute atomic E-state index is 10.2. The fourth-order valence-corrected chi connectivity index (χ4v) is 5.19. The summed E-state index contributed by atoms with van der Waals surface area (Å²) in [6.07, 6.45) is -1.30. The van der Waals surface area contributed by atoms with Crippen LogP contribution in [0.3, 0.4) is 0 Å². The summed E-state index contributed by atoms with van der Waals surface area (Å²) in [6.45, 7) is 1.98. The highest BCUT2D eigenvalue weighted by Crippen LogP contribution is 2.45. The summed E-state index contributed by atoms with van der Waals surface area (Å²) in [5.41, 5.74) is 2.29. The lowest BCUT2D eigenvalue weighted by atomic mass is 9.87. The standard InChI is InChI=1S/C16H16O5.C15H14O6/c1-8-4-11-13(19)6-10(17)7-15(11)21-16(8)9-2-3-12(18)14(20)5-9;16-8-4-11(18)9-6-13(20)15(21-14(9)5-8)7-1-2-10(17)12(19)3-7/h2-3,5-8,16-20H,4H2,1H3;1-5,13,15-20H,6H2. The number of phenolic OH excluding ortho intramolecular Hbond substituents is 8. The first kappa shape index (κ1) is 28.4. The van der Waals surface area contributed by atoms with Gasteiger partial charge in [-0.3, -0.25) is 0 Å². The highest BCUT2D eigenvalue weighted by molar-refractivity contribution is 5.53. The second kappa shape index (κ2) is 11.0. The zero-order chi connectivity index (χ0) is 30.3. The Morgan fingerprint density at radius 3 is 1.48 bits per heavy atom. The highest BCUT2D eigenvalue weighted by Gasteiger charge is 2.33. The predicted octanol–water partition coefficient (Wildman–Crippen LogP) is 4.37. The molecular weight excluding hydrogens is 548 g/mol. The fraction of sp³-hybridized carbons (Fsp3) is 0.226. The van der Waals surface area contributed by atoms with Gasteiger partial charge in [0, 0.05) is 47.7 Å². The number of aliphatic hydroxyl groups is 1. The summed E-state index contributed by atoms with van der Waals surface area (Å²) in [7, 11) is 0. The van der Waals surface area contributed by atoms with Crippen molar-refractivity contribution in [1.82, 2.24) is 0 Å². The Labute approximate surface area is 240 Å². The molecule has 0 saturated heterocycles. The molecule has 11 heteroatoms. The molecule has 0 aliphatic carbocycles. The van der Waals surface area contributed by atoms with Crippen molar-refractivity contribution < 1.29 is 55.4 Å². The van der Waals surface area contributed by atoms with E-state index in [9.17, 15) is 46.0 Å². The lowest BCUT2D eigenvalue weighted by molar-refractivity contribution is 0.0197. The van der Waals surface area contributed by atoms with Gasteiger partial charge in [0.25, 0.3) is 0 Å². The number of benzene rings is 4. The quantitative estimate of drug-likeness (QED) is 0.153. The SMILES string of the molecule is CC1Cc2c(O)cc(O)cc2OC1c1ccc(O)c(O)c1.Oc1cc(O)c2c(c1)OC(c1ccc(O)c(O)c1)C(O)C2. The fourth-order valence-electron chi connectivity index (χ4n) is 5.19. The number of rotatable bonds is 2. The van der Waals surface area contributed by atoms with Crippen LogP contribution in [0.2, 0.25) is 0 Å². The molecular formula is C31H30O11. The summed E-state index contributed by atoms with van der Waals surface area (Å²) in [6, 6.07) is 14.0. The maximum Gasteiger partial charge on any atom is 0.157 e. The van der Waals surface area contributed by atoms with Crippen LogP contribution in [0.1, 0.15) is 41.4 Å². The molecule has 4 atom stereocenters. The van der Waals surface area contributed by atoms with E-state index in [2.05, 4.69) is 0 Å². The third-order valence-electron chi connectivity index (χ3n) is 7.31. The molecule has 6 rings (SSSR count). The van der Waals surface area contributed by atoms with E-state index >= 15 is 0 Å². The van der Waals surface area contributed by atoms with Crippen LogP contribution < -0.4 is 9.47 Å². The minimum atomic E-state index is -0.933. The third kappa shape index (κ3) is 5.54. The first-order valence-electron chi connectivity index (χ1n) is 13.1. The molecule has 11 nitrogen and oxygen atoms in total. The van der Waals surface area contributed by atoms with E-state index < -0.39 is 12.2 Å². The molecule has 0 spiro atoms. The molecule has 4 aromatic carbocycles. The molecule has 220 valence electrons. The van der Waals surface area contributed by atoms with Gasteiger partial charge in [-0.15, -0.1) is 0 Å². The Morgan fingerprint density at radius 2 is 0.976 bits per heavy atom. The van der Waals surface area contributed by atoms with Gasteiger partial charge in [0.05, 0.1) is 6.10 Å². The second-order valence-electron chi connectivity index (χ2n) is 10.4. The summed E-state index contributed by atoms with van der Waals surface area (Å²) < 4.78 is 11.5. The van der Waals surface area contributed by atoms with E-state index in [1.54, 1.807) is 6.07 Å². The van der Waals surface area contributed by atoms with Crippen LogP contribution in [0.4, 0.5) is 0 Å². The normalized spacial score (nSPS) is 20.6. The minimum absolute atomic E-state index is 0.0175. The van der Waals surface area contributed by atoms with Crippen molar-refractivity contribution in [3.05, 3.63) is 82.9 Å². The average Bonchev–Trinajstić information content (AvgIpc) is 2.92. The van der Waals surface area contributed by atoms with E-state index in [0.29, 0.717) is 28.9 Å². The van der Waals surface area contributed by atoms with E-state index in [-0.39, 0.29) is 70.2 Å². The summed E-state index contributed by atoms with van der Waals surface area (Å²) in [5, 5.41) is 86.7. The second-order valence-corrected chi connectivity index (χ2v) is 10.4. The summed E-state index contributed by atoms with van der Waals surface area (Å²) in [5.74, 6) is -0.517. The lowest BCUT2D eigenvalue weighted by Crippen LogP contribution is -2.30. The van der Waals surface area contributed by atoms with Crippen molar-refractivity contribution in [2.45, 2.75) is 38.1 Å². The van der Waals surface area contributed by atoms with Gasteiger partial charge in [0.2, 0.25) is 0 Å². The third-order valence-corrected chi connectivity index (χ3v) is 7.31. The van der Waals surface area contributed by atoms with Crippen LogP contribution in [0.15, 0.2) is 60.7 Å². The van der Waals surface area contributed by atoms with Gasteiger partial charge in [-0.1, -0.05) is 19.1 Å². The number of aliphatic hydroxyl groups excluding tert-OH is 1. The van der Waals surface area contributed by atoms with Crippen molar-refractivity contribution >= 4 is 0 Å². The molecule has 4 aromatic rings. The van der Waals surface area contributed by atoms with Crippen molar-refractivity contribution in [3.63, 3.8) is 0 Å². The molecule has 0 fully saturated rings. The van der Waals surface area contributed by atoms with Crippen molar-refractivity contribution in [2.24, 2.45) is 5.92 Å². The Morgan fingerprint density at radius 1 is 0.524 bits per heavy atom. The van der Waals surface area contributed by atoms with Gasteiger partial charge < -0.3 is 55.4 Å². The minimum Gasteiger partial charge on any atom is -0.508 e. The first-order valence-corrected chi connectivity index (χ1v) is 13.1. The van der Waals surface area contributed by atoms with Crippen molar-refractivity contribution in [1.29, 1.82) is 0 Å². The smallest absolute Gasteiger partial charge is 0.157 e. The zero-order valence-corrected chi connectivity index (χ0v) is 22.3. The monoisotopic (exact) mass is 578 g/mol. The largest absolute Gasteiger partial charge is 0.508 e. The number of phenols is 8. The van der Waals surface area contributed by atoms with Crippen LogP contribution >= 0.6 is 0 Å². The first-order chi connectivity index (χ1) is 19.9. The van der Waals surface area contributed by atoms with Crippen molar-refractivity contribution in [2.75, 3.05) is 0 Å². The Balaban J connectivity index is 0.000000168. The van der Waals surface area contributed by atoms with Crippen LogP contribution in [0.5, 0.6) is 57.5 Å². The molecule has 9 N–H and O–H groups in total. The molecule has 0 amide bonds. The lowest BCUT2D eigenvalue weighted by Gasteiger charge is -2.32. The van der Waals surface area contributed by atoms with Gasteiger partial charge in [0.1, 0.15) is 46.7 Å². The Hall–Kier alpha value is -5.16. The summed E-state index contributed by atoms with van der Waals surface area (Å²) >= 11 is 0. The molecule has 0 aromatic heterocycles. The molecule has 2 aliphatic heterocycles. The van der Waals surface area contributed by atoms with Gasteiger partial charge >= 0.3 is 0 Å². The van der Waals surface area contributed by atoms with E-state index in [0.717, 1.165) is 5.56 Å². The Bertz CT molecular complexity index is 1510. The molecule has 0 saturated carbocycles. The maximum atomic E-state index is 10.2. The molecule has 2 heterocycles. The van der Waals surface area contributed by atoms with Crippen LogP contribution in [-0.4, -0.2) is 52.1 Å². The molecule has 4 unspecified atom stereocenters. The highest BCUT2D eigenvalue weighted by atomic mass is 16.5. The topological polar surface area (TPSA) is 201 Å². The Kier molecular flexibility index (Phi) is 7.44. The number of aromatic hydroxyl groups is 8. The van der Waals surface area contributed by atoms with Crippen LogP contribution in [0, 0.1) is 5.92 Å². The molecule has 2 aliphatic rings. The van der Waals surface area contributed by atoms with Crippen LogP contribution in [0.25, 0.3) is 0 Å². The van der Waals surface area contributed by atoms with E-state index in [1.807, 2.05) is 6.92 Å². The molecule has 0 bridgehead atoms. The summed E-state index contributed by atoms with van der Waals surface area (Å²) in [4.78, 5) is 0. The molecule has 42 heavy (non-hydrogen) atoms. The number of hydrogen-bond donors (Lipinski definition) is 9. The van der Waals surface area contributed by atoms with E-state index in [1.165, 1.54) is 54.6 Å².